The third kappa shape index (κ3) is 2.17. The lowest BCUT2D eigenvalue weighted by atomic mass is 9.83. The van der Waals surface area contributed by atoms with Crippen LogP contribution in [0.3, 0.4) is 0 Å². The summed E-state index contributed by atoms with van der Waals surface area (Å²) in [4.78, 5) is 8.00. The number of rotatable bonds is 2. The van der Waals surface area contributed by atoms with E-state index in [1.165, 1.54) is 0 Å². The molecule has 0 heterocycles. The summed E-state index contributed by atoms with van der Waals surface area (Å²) in [6.07, 6.45) is 9.22. The first-order valence-corrected chi connectivity index (χ1v) is 4.59. The lowest BCUT2D eigenvalue weighted by molar-refractivity contribution is 0.118. The molecule has 3 nitrogen and oxygen atoms in total. The molecule has 0 spiro atoms. The zero-order valence-electron chi connectivity index (χ0n) is 8.81. The topological polar surface area (TPSA) is 45.0 Å². The SMILES string of the molecule is CN=CC(C)(O)C1C=CC=CC1=NC. The standard InChI is InChI=1S/C11H16N2O/c1-11(14,8-12-2)9-6-4-5-7-10(9)13-3/h4-9,14H,1-3H3. The highest BCUT2D eigenvalue weighted by molar-refractivity contribution is 6.02. The summed E-state index contributed by atoms with van der Waals surface area (Å²) in [6.45, 7) is 1.74. The van der Waals surface area contributed by atoms with Crippen molar-refractivity contribution in [1.29, 1.82) is 0 Å². The van der Waals surface area contributed by atoms with E-state index in [0.717, 1.165) is 5.71 Å². The van der Waals surface area contributed by atoms with Gasteiger partial charge < -0.3 is 5.11 Å². The molecular weight excluding hydrogens is 176 g/mol. The largest absolute Gasteiger partial charge is 0.383 e. The van der Waals surface area contributed by atoms with Gasteiger partial charge in [-0.1, -0.05) is 18.2 Å². The fraction of sp³-hybridized carbons (Fsp3) is 0.455. The summed E-state index contributed by atoms with van der Waals surface area (Å²) >= 11 is 0. The van der Waals surface area contributed by atoms with Gasteiger partial charge in [-0.25, -0.2) is 0 Å². The molecule has 0 saturated carbocycles. The van der Waals surface area contributed by atoms with Gasteiger partial charge in [0.25, 0.3) is 0 Å². The Morgan fingerprint density at radius 3 is 2.71 bits per heavy atom. The molecule has 1 aliphatic rings. The average molecular weight is 192 g/mol. The normalized spacial score (nSPS) is 28.6. The number of aliphatic hydroxyl groups is 1. The molecule has 2 atom stereocenters. The third-order valence-electron chi connectivity index (χ3n) is 2.28. The van der Waals surface area contributed by atoms with Gasteiger partial charge in [0.2, 0.25) is 0 Å². The van der Waals surface area contributed by atoms with Crippen molar-refractivity contribution in [2.75, 3.05) is 14.1 Å². The fourth-order valence-corrected chi connectivity index (χ4v) is 1.58. The lowest BCUT2D eigenvalue weighted by Gasteiger charge is -2.28. The first-order valence-electron chi connectivity index (χ1n) is 4.59. The molecule has 2 unspecified atom stereocenters. The minimum atomic E-state index is -0.967. The van der Waals surface area contributed by atoms with Crippen molar-refractivity contribution in [3.8, 4) is 0 Å². The molecule has 0 aliphatic heterocycles. The Morgan fingerprint density at radius 2 is 2.14 bits per heavy atom. The monoisotopic (exact) mass is 192 g/mol. The first-order chi connectivity index (χ1) is 6.61. The number of nitrogens with zero attached hydrogens (tertiary/aromatic N) is 2. The van der Waals surface area contributed by atoms with E-state index in [1.807, 2.05) is 24.3 Å². The molecule has 1 rings (SSSR count). The maximum Gasteiger partial charge on any atom is 0.108 e. The van der Waals surface area contributed by atoms with Gasteiger partial charge in [-0.15, -0.1) is 0 Å². The van der Waals surface area contributed by atoms with Crippen molar-refractivity contribution in [2.24, 2.45) is 15.9 Å². The molecule has 14 heavy (non-hydrogen) atoms. The maximum absolute atomic E-state index is 10.1. The Labute approximate surface area is 84.6 Å². The average Bonchev–Trinajstić information content (AvgIpc) is 2.18. The zero-order chi connectivity index (χ0) is 10.6. The number of hydrogen-bond acceptors (Lipinski definition) is 3. The highest BCUT2D eigenvalue weighted by Gasteiger charge is 2.31. The van der Waals surface area contributed by atoms with Gasteiger partial charge >= 0.3 is 0 Å². The van der Waals surface area contributed by atoms with Crippen molar-refractivity contribution < 1.29 is 5.11 Å². The van der Waals surface area contributed by atoms with Gasteiger partial charge in [-0.3, -0.25) is 9.98 Å². The molecule has 0 aromatic carbocycles. The highest BCUT2D eigenvalue weighted by atomic mass is 16.3. The maximum atomic E-state index is 10.1. The molecule has 0 aromatic heterocycles. The predicted octanol–water partition coefficient (Wildman–Crippen LogP) is 1.25. The third-order valence-corrected chi connectivity index (χ3v) is 2.28. The second-order valence-corrected chi connectivity index (χ2v) is 3.48. The number of hydrogen-bond donors (Lipinski definition) is 1. The van der Waals surface area contributed by atoms with Crippen molar-refractivity contribution in [3.05, 3.63) is 24.3 Å². The quantitative estimate of drug-likeness (QED) is 0.657. The van der Waals surface area contributed by atoms with Crippen LogP contribution >= 0.6 is 0 Å². The molecule has 0 aromatic rings. The van der Waals surface area contributed by atoms with Crippen molar-refractivity contribution in [3.63, 3.8) is 0 Å². The van der Waals surface area contributed by atoms with Crippen molar-refractivity contribution in [1.82, 2.24) is 0 Å². The lowest BCUT2D eigenvalue weighted by Crippen LogP contribution is -2.40. The second-order valence-electron chi connectivity index (χ2n) is 3.48. The molecule has 0 amide bonds. The van der Waals surface area contributed by atoms with Crippen LogP contribution in [0.2, 0.25) is 0 Å². The van der Waals surface area contributed by atoms with Crippen LogP contribution in [0.15, 0.2) is 34.3 Å². The van der Waals surface area contributed by atoms with Crippen LogP contribution in [-0.4, -0.2) is 36.7 Å². The fourth-order valence-electron chi connectivity index (χ4n) is 1.58. The van der Waals surface area contributed by atoms with Crippen LogP contribution in [0.25, 0.3) is 0 Å². The van der Waals surface area contributed by atoms with E-state index in [0.29, 0.717) is 0 Å². The summed E-state index contributed by atoms with van der Waals surface area (Å²) in [5.41, 5.74) is -0.0948. The smallest absolute Gasteiger partial charge is 0.108 e. The number of aliphatic imine (C=N–C) groups is 2. The molecular formula is C11H16N2O. The van der Waals surface area contributed by atoms with E-state index in [4.69, 9.17) is 0 Å². The zero-order valence-corrected chi connectivity index (χ0v) is 8.81. The summed E-state index contributed by atoms with van der Waals surface area (Å²) in [7, 11) is 3.38. The van der Waals surface area contributed by atoms with Gasteiger partial charge in [0.15, 0.2) is 0 Å². The molecule has 1 aliphatic carbocycles. The van der Waals surface area contributed by atoms with Crippen LogP contribution in [0.4, 0.5) is 0 Å². The van der Waals surface area contributed by atoms with E-state index in [2.05, 4.69) is 9.98 Å². The summed E-state index contributed by atoms with van der Waals surface area (Å²) in [5.74, 6) is -0.110. The van der Waals surface area contributed by atoms with E-state index in [-0.39, 0.29) is 5.92 Å². The minimum Gasteiger partial charge on any atom is -0.383 e. The summed E-state index contributed by atoms with van der Waals surface area (Å²) < 4.78 is 0. The predicted molar refractivity (Wildman–Crippen MR) is 60.2 cm³/mol. The van der Waals surface area contributed by atoms with Crippen LogP contribution in [0.5, 0.6) is 0 Å². The van der Waals surface area contributed by atoms with Crippen LogP contribution in [-0.2, 0) is 0 Å². The van der Waals surface area contributed by atoms with E-state index in [9.17, 15) is 5.11 Å². The van der Waals surface area contributed by atoms with Crippen molar-refractivity contribution in [2.45, 2.75) is 12.5 Å². The first kappa shape index (κ1) is 10.9. The van der Waals surface area contributed by atoms with E-state index in [1.54, 1.807) is 27.2 Å². The summed E-state index contributed by atoms with van der Waals surface area (Å²) in [6, 6.07) is 0. The molecule has 0 radical (unpaired) electrons. The van der Waals surface area contributed by atoms with Crippen molar-refractivity contribution >= 4 is 11.9 Å². The van der Waals surface area contributed by atoms with Gasteiger partial charge in [-0.2, -0.15) is 0 Å². The van der Waals surface area contributed by atoms with Gasteiger partial charge in [0, 0.05) is 26.0 Å². The highest BCUT2D eigenvalue weighted by Crippen LogP contribution is 2.22. The van der Waals surface area contributed by atoms with Gasteiger partial charge in [0.05, 0.1) is 5.92 Å². The second kappa shape index (κ2) is 4.33. The Morgan fingerprint density at radius 1 is 1.43 bits per heavy atom. The Balaban J connectivity index is 2.97. The molecule has 0 saturated heterocycles. The van der Waals surface area contributed by atoms with E-state index >= 15 is 0 Å². The Hall–Kier alpha value is -1.22. The van der Waals surface area contributed by atoms with Crippen LogP contribution in [0, 0.1) is 5.92 Å². The minimum absolute atomic E-state index is 0.110. The van der Waals surface area contributed by atoms with E-state index < -0.39 is 5.60 Å². The molecule has 3 heteroatoms. The van der Waals surface area contributed by atoms with Gasteiger partial charge in [0.1, 0.15) is 5.60 Å². The Bertz CT molecular complexity index is 311. The Kier molecular flexibility index (Phi) is 3.36. The summed E-state index contributed by atoms with van der Waals surface area (Å²) in [5, 5.41) is 10.1. The van der Waals surface area contributed by atoms with Crippen LogP contribution < -0.4 is 0 Å². The molecule has 76 valence electrons. The number of allylic oxidation sites excluding steroid dienone is 3. The molecule has 1 N–H and O–H groups in total. The molecule has 0 bridgehead atoms. The van der Waals surface area contributed by atoms with Crippen LogP contribution in [0.1, 0.15) is 6.92 Å². The molecule has 0 fully saturated rings. The van der Waals surface area contributed by atoms with Gasteiger partial charge in [-0.05, 0) is 13.0 Å².